The van der Waals surface area contributed by atoms with Crippen molar-refractivity contribution in [1.82, 2.24) is 41.9 Å². The van der Waals surface area contributed by atoms with Crippen LogP contribution in [0.5, 0.6) is 0 Å². The number of aromatic nitrogens is 2. The monoisotopic (exact) mass is 738 g/mol. The second-order valence-electron chi connectivity index (χ2n) is 8.67. The van der Waals surface area contributed by atoms with Crippen molar-refractivity contribution in [3.8, 4) is 0 Å². The molecule has 6 amide bonds. The van der Waals surface area contributed by atoms with E-state index in [1.165, 1.54) is 21.3 Å². The summed E-state index contributed by atoms with van der Waals surface area (Å²) in [6.45, 7) is -5.94. The average Bonchev–Trinajstić information content (AvgIpc) is 2.97. The number of alkyl halides is 12. The summed E-state index contributed by atoms with van der Waals surface area (Å²) in [5.41, 5.74) is -1.94. The summed E-state index contributed by atoms with van der Waals surface area (Å²) in [7, 11) is 0. The second-order valence-corrected chi connectivity index (χ2v) is 8.67. The van der Waals surface area contributed by atoms with E-state index >= 15 is 0 Å². The lowest BCUT2D eigenvalue weighted by Crippen LogP contribution is -2.42. The number of halogens is 12. The Balaban J connectivity index is 3.37. The number of hydrogen-bond acceptors (Lipinski definition) is 10. The summed E-state index contributed by atoms with van der Waals surface area (Å²) < 4.78 is 149. The molecule has 276 valence electrons. The predicted molar refractivity (Wildman–Crippen MR) is 135 cm³/mol. The lowest BCUT2D eigenvalue weighted by molar-refractivity contribution is -0.173. The SMILES string of the molecule is O=C(NCCNC(=O)C(F)(F)F)c1nc(NCNC(=O)C(F)(F)F)c(C(=O)NCCNC(=O)C(F)(F)F)nc1NCCNC(=O)C(F)(F)F. The van der Waals surface area contributed by atoms with Crippen molar-refractivity contribution in [2.75, 3.05) is 56.6 Å². The number of rotatable bonds is 15. The molecule has 0 aliphatic heterocycles. The molecule has 1 aromatic rings. The van der Waals surface area contributed by atoms with Gasteiger partial charge in [-0.15, -0.1) is 0 Å². The maximum absolute atomic E-state index is 12.8. The number of carbonyl (C=O) groups excluding carboxylic acids is 6. The third-order valence-corrected chi connectivity index (χ3v) is 4.96. The van der Waals surface area contributed by atoms with E-state index in [4.69, 9.17) is 0 Å². The minimum Gasteiger partial charge on any atom is -0.366 e. The van der Waals surface area contributed by atoms with E-state index in [0.717, 1.165) is 0 Å². The van der Waals surface area contributed by atoms with E-state index in [1.807, 2.05) is 16.0 Å². The van der Waals surface area contributed by atoms with E-state index in [-0.39, 0.29) is 0 Å². The van der Waals surface area contributed by atoms with Crippen LogP contribution in [0.3, 0.4) is 0 Å². The summed E-state index contributed by atoms with van der Waals surface area (Å²) in [6.07, 6.45) is -21.3. The molecule has 0 aliphatic rings. The second kappa shape index (κ2) is 17.2. The average molecular weight is 738 g/mol. The van der Waals surface area contributed by atoms with E-state index < -0.39 is 129 Å². The zero-order valence-electron chi connectivity index (χ0n) is 23.8. The fourth-order valence-corrected chi connectivity index (χ4v) is 2.84. The molecule has 16 nitrogen and oxygen atoms in total. The molecule has 0 fully saturated rings. The van der Waals surface area contributed by atoms with Crippen molar-refractivity contribution in [2.45, 2.75) is 24.7 Å². The van der Waals surface area contributed by atoms with Gasteiger partial charge in [0.25, 0.3) is 11.8 Å². The molecule has 0 unspecified atom stereocenters. The minimum atomic E-state index is -5.41. The molecule has 0 atom stereocenters. The molecule has 1 heterocycles. The molecule has 0 radical (unpaired) electrons. The Morgan fingerprint density at radius 3 is 1.04 bits per heavy atom. The summed E-state index contributed by atoms with van der Waals surface area (Å²) >= 11 is 0. The number of carbonyl (C=O) groups is 6. The van der Waals surface area contributed by atoms with Crippen molar-refractivity contribution in [3.05, 3.63) is 11.4 Å². The largest absolute Gasteiger partial charge is 0.471 e. The summed E-state index contributed by atoms with van der Waals surface area (Å²) in [5, 5.41) is 13.6. The van der Waals surface area contributed by atoms with E-state index in [0.29, 0.717) is 0 Å². The molecular weight excluding hydrogens is 716 g/mol. The standard InChI is InChI=1S/C21H22F12N10O6/c22-18(23,24)14(46)37-4-1-34-10-8(12(44)35-2-5-38-15(47)19(25,26)27)43-11(40-7-41-17(49)21(31,32)33)9(42-10)13(45)36-3-6-39-16(48)20(28,29)30/h1-7H2,(H,34,42)(H,35,44)(H,36,45)(H,37,46)(H,38,47)(H,39,48)(H,40,43)(H,41,49). The Hall–Kier alpha value is -5.34. The van der Waals surface area contributed by atoms with Crippen LogP contribution in [0.2, 0.25) is 0 Å². The van der Waals surface area contributed by atoms with Gasteiger partial charge in [0.2, 0.25) is 0 Å². The summed E-state index contributed by atoms with van der Waals surface area (Å²) in [5.74, 6) is -14.3. The Morgan fingerprint density at radius 1 is 0.408 bits per heavy atom. The third kappa shape index (κ3) is 14.5. The fourth-order valence-electron chi connectivity index (χ4n) is 2.84. The van der Waals surface area contributed by atoms with Crippen molar-refractivity contribution >= 4 is 47.1 Å². The van der Waals surface area contributed by atoms with Gasteiger partial charge in [0.1, 0.15) is 0 Å². The molecule has 1 aromatic heterocycles. The molecule has 1 rings (SSSR count). The van der Waals surface area contributed by atoms with Gasteiger partial charge in [-0.25, -0.2) is 9.97 Å². The normalized spacial score (nSPS) is 11.9. The van der Waals surface area contributed by atoms with Crippen LogP contribution in [0.4, 0.5) is 64.3 Å². The fraction of sp³-hybridized carbons (Fsp3) is 0.524. The quantitative estimate of drug-likeness (QED) is 0.0650. The van der Waals surface area contributed by atoms with Crippen LogP contribution < -0.4 is 42.5 Å². The van der Waals surface area contributed by atoms with Crippen LogP contribution in [-0.4, -0.2) is 116 Å². The first-order chi connectivity index (χ1) is 22.4. The molecule has 0 aliphatic carbocycles. The van der Waals surface area contributed by atoms with Gasteiger partial charge in [-0.05, 0) is 0 Å². The highest BCUT2D eigenvalue weighted by atomic mass is 19.4. The number of hydrogen-bond donors (Lipinski definition) is 8. The van der Waals surface area contributed by atoms with Gasteiger partial charge in [0.05, 0.1) is 6.67 Å². The van der Waals surface area contributed by atoms with Gasteiger partial charge in [-0.2, -0.15) is 52.7 Å². The zero-order chi connectivity index (χ0) is 37.8. The maximum Gasteiger partial charge on any atom is 0.471 e. The highest BCUT2D eigenvalue weighted by Crippen LogP contribution is 2.20. The van der Waals surface area contributed by atoms with Crippen LogP contribution in [0, 0.1) is 0 Å². The molecule has 28 heteroatoms. The van der Waals surface area contributed by atoms with Crippen molar-refractivity contribution in [1.29, 1.82) is 0 Å². The van der Waals surface area contributed by atoms with Crippen LogP contribution in [0.15, 0.2) is 0 Å². The van der Waals surface area contributed by atoms with Crippen LogP contribution >= 0.6 is 0 Å². The molecule has 0 spiro atoms. The smallest absolute Gasteiger partial charge is 0.366 e. The molecular formula is C21H22F12N10O6. The molecule has 0 bridgehead atoms. The highest BCUT2D eigenvalue weighted by Gasteiger charge is 2.40. The Kier molecular flexibility index (Phi) is 14.6. The molecule has 8 N–H and O–H groups in total. The topological polar surface area (TPSA) is 224 Å². The highest BCUT2D eigenvalue weighted by molar-refractivity contribution is 6.01. The van der Waals surface area contributed by atoms with Crippen molar-refractivity contribution < 1.29 is 81.5 Å². The lowest BCUT2D eigenvalue weighted by Gasteiger charge is -2.17. The van der Waals surface area contributed by atoms with Crippen molar-refractivity contribution in [2.24, 2.45) is 0 Å². The van der Waals surface area contributed by atoms with Gasteiger partial charge in [-0.1, -0.05) is 0 Å². The zero-order valence-corrected chi connectivity index (χ0v) is 23.8. The van der Waals surface area contributed by atoms with E-state index in [9.17, 15) is 81.5 Å². The Labute approximate surface area is 263 Å². The molecule has 49 heavy (non-hydrogen) atoms. The Bertz CT molecular complexity index is 1380. The number of nitrogens with zero attached hydrogens (tertiary/aromatic N) is 2. The van der Waals surface area contributed by atoms with E-state index in [1.54, 1.807) is 0 Å². The lowest BCUT2D eigenvalue weighted by atomic mass is 10.3. The molecule has 0 aromatic carbocycles. The number of amides is 6. The first-order valence-corrected chi connectivity index (χ1v) is 12.7. The first kappa shape index (κ1) is 41.7. The van der Waals surface area contributed by atoms with Gasteiger partial charge in [0, 0.05) is 39.3 Å². The number of nitrogens with one attached hydrogen (secondary N) is 8. The minimum absolute atomic E-state index is 0.711. The van der Waals surface area contributed by atoms with Crippen molar-refractivity contribution in [3.63, 3.8) is 0 Å². The van der Waals surface area contributed by atoms with Gasteiger partial charge < -0.3 is 42.5 Å². The van der Waals surface area contributed by atoms with Crippen LogP contribution in [-0.2, 0) is 19.2 Å². The first-order valence-electron chi connectivity index (χ1n) is 12.7. The van der Waals surface area contributed by atoms with Gasteiger partial charge in [-0.3, -0.25) is 28.8 Å². The molecule has 0 saturated heterocycles. The maximum atomic E-state index is 12.8. The van der Waals surface area contributed by atoms with Crippen LogP contribution in [0.25, 0.3) is 0 Å². The summed E-state index contributed by atoms with van der Waals surface area (Å²) in [6, 6.07) is 0. The number of anilines is 2. The summed E-state index contributed by atoms with van der Waals surface area (Å²) in [4.78, 5) is 76.9. The van der Waals surface area contributed by atoms with Gasteiger partial charge >= 0.3 is 48.3 Å². The van der Waals surface area contributed by atoms with Crippen LogP contribution in [0.1, 0.15) is 21.0 Å². The predicted octanol–water partition coefficient (Wildman–Crippen LogP) is -0.568. The Morgan fingerprint density at radius 2 is 0.694 bits per heavy atom. The molecule has 0 saturated carbocycles. The van der Waals surface area contributed by atoms with Gasteiger partial charge in [0.15, 0.2) is 23.0 Å². The van der Waals surface area contributed by atoms with E-state index in [2.05, 4.69) is 15.3 Å². The third-order valence-electron chi connectivity index (χ3n) is 4.96.